The minimum Gasteiger partial charge on any atom is -0.375 e. The molecule has 0 bridgehead atoms. The van der Waals surface area contributed by atoms with Crippen molar-refractivity contribution < 1.29 is 0 Å². The van der Waals surface area contributed by atoms with Gasteiger partial charge in [-0.05, 0) is 32.9 Å². The van der Waals surface area contributed by atoms with E-state index in [2.05, 4.69) is 10.4 Å². The van der Waals surface area contributed by atoms with Crippen LogP contribution in [0, 0.1) is 0 Å². The van der Waals surface area contributed by atoms with Crippen LogP contribution in [0.4, 0.5) is 5.69 Å². The van der Waals surface area contributed by atoms with Gasteiger partial charge in [-0.25, -0.2) is 0 Å². The zero-order valence-electron chi connectivity index (χ0n) is 11.1. The number of nitrogens with one attached hydrogen (secondary N) is 1. The second kappa shape index (κ2) is 5.05. The lowest BCUT2D eigenvalue weighted by Crippen LogP contribution is -2.33. The van der Waals surface area contributed by atoms with Crippen LogP contribution >= 0.6 is 11.6 Å². The number of halogens is 1. The first-order chi connectivity index (χ1) is 8.88. The Balaban J connectivity index is 2.55. The van der Waals surface area contributed by atoms with Crippen LogP contribution in [0.5, 0.6) is 0 Å². The van der Waals surface area contributed by atoms with Gasteiger partial charge < -0.3 is 5.32 Å². The monoisotopic (exact) mass is 277 g/mol. The molecule has 0 atom stereocenters. The van der Waals surface area contributed by atoms with Crippen LogP contribution in [0.3, 0.4) is 0 Å². The molecule has 1 heterocycles. The van der Waals surface area contributed by atoms with E-state index in [0.29, 0.717) is 16.4 Å². The summed E-state index contributed by atoms with van der Waals surface area (Å²) in [5, 5.41) is 7.52. The van der Waals surface area contributed by atoms with Gasteiger partial charge in [0.1, 0.15) is 5.69 Å². The molecule has 0 fully saturated rings. The second-order valence-corrected chi connectivity index (χ2v) is 5.70. The summed E-state index contributed by atoms with van der Waals surface area (Å²) < 4.78 is 1.33. The topological polar surface area (TPSA) is 46.9 Å². The lowest BCUT2D eigenvalue weighted by atomic mass is 10.1. The number of para-hydroxylation sites is 1. The van der Waals surface area contributed by atoms with E-state index in [1.807, 2.05) is 51.1 Å². The average Bonchev–Trinajstić information content (AvgIpc) is 2.34. The summed E-state index contributed by atoms with van der Waals surface area (Å²) in [6.45, 7) is 5.90. The highest BCUT2D eigenvalue weighted by Gasteiger charge is 2.17. The van der Waals surface area contributed by atoms with Gasteiger partial charge in [0.25, 0.3) is 5.56 Å². The van der Waals surface area contributed by atoms with E-state index in [9.17, 15) is 4.79 Å². The molecular weight excluding hydrogens is 262 g/mol. The minimum absolute atomic E-state index is 0.251. The first-order valence-corrected chi connectivity index (χ1v) is 6.38. The summed E-state index contributed by atoms with van der Waals surface area (Å²) in [5.74, 6) is 0. The van der Waals surface area contributed by atoms with Crippen LogP contribution in [0.25, 0.3) is 5.69 Å². The lowest BCUT2D eigenvalue weighted by molar-refractivity contribution is 0.629. The summed E-state index contributed by atoms with van der Waals surface area (Å²) >= 11 is 6.06. The highest BCUT2D eigenvalue weighted by molar-refractivity contribution is 6.33. The summed E-state index contributed by atoms with van der Waals surface area (Å²) in [5.41, 5.74) is 0.571. The van der Waals surface area contributed by atoms with Crippen LogP contribution in [0.1, 0.15) is 20.8 Å². The fourth-order valence-electron chi connectivity index (χ4n) is 1.67. The highest BCUT2D eigenvalue weighted by atomic mass is 35.5. The first kappa shape index (κ1) is 13.6. The molecule has 0 aliphatic carbocycles. The zero-order valence-corrected chi connectivity index (χ0v) is 11.9. The molecule has 1 N–H and O–H groups in total. The van der Waals surface area contributed by atoms with E-state index in [0.717, 1.165) is 0 Å². The number of hydrogen-bond donors (Lipinski definition) is 1. The van der Waals surface area contributed by atoms with E-state index in [-0.39, 0.29) is 11.1 Å². The highest BCUT2D eigenvalue weighted by Crippen LogP contribution is 2.20. The third kappa shape index (κ3) is 3.15. The fraction of sp³-hybridized carbons (Fsp3) is 0.286. The van der Waals surface area contributed by atoms with Crippen molar-refractivity contribution in [2.75, 3.05) is 5.32 Å². The molecule has 1 aromatic heterocycles. The van der Waals surface area contributed by atoms with Gasteiger partial charge in [-0.15, -0.1) is 0 Å². The average molecular weight is 278 g/mol. The normalized spacial score (nSPS) is 11.4. The van der Waals surface area contributed by atoms with Crippen molar-refractivity contribution in [3.8, 4) is 5.69 Å². The van der Waals surface area contributed by atoms with Gasteiger partial charge in [-0.3, -0.25) is 4.79 Å². The van der Waals surface area contributed by atoms with Crippen molar-refractivity contribution in [2.45, 2.75) is 26.3 Å². The Morgan fingerprint density at radius 1 is 1.21 bits per heavy atom. The smallest absolute Gasteiger partial charge is 0.296 e. The summed E-state index contributed by atoms with van der Waals surface area (Å²) in [6.07, 6.45) is 1.48. The predicted octanol–water partition coefficient (Wildman–Crippen LogP) is 3.10. The molecular formula is C14H16ClN3O. The van der Waals surface area contributed by atoms with Crippen LogP contribution in [0.2, 0.25) is 5.02 Å². The Labute approximate surface area is 117 Å². The zero-order chi connectivity index (χ0) is 14.0. The third-order valence-electron chi connectivity index (χ3n) is 2.43. The van der Waals surface area contributed by atoms with Crippen LogP contribution < -0.4 is 10.9 Å². The summed E-state index contributed by atoms with van der Waals surface area (Å²) in [4.78, 5) is 12.4. The van der Waals surface area contributed by atoms with E-state index < -0.39 is 0 Å². The Bertz CT molecular complexity index is 629. The van der Waals surface area contributed by atoms with Crippen molar-refractivity contribution in [3.05, 3.63) is 51.9 Å². The number of hydrogen-bond acceptors (Lipinski definition) is 3. The SMILES string of the molecule is CC(C)(C)Nc1c(Cl)cnn(-c2ccccc2)c1=O. The van der Waals surface area contributed by atoms with Gasteiger partial charge >= 0.3 is 0 Å². The minimum atomic E-state index is -0.256. The standard InChI is InChI=1S/C14H16ClN3O/c1-14(2,3)17-12-11(15)9-16-18(13(12)19)10-7-5-4-6-8-10/h4-9,17H,1-3H3. The van der Waals surface area contributed by atoms with Gasteiger partial charge in [0.05, 0.1) is 16.9 Å². The van der Waals surface area contributed by atoms with Crippen LogP contribution in [-0.4, -0.2) is 15.3 Å². The van der Waals surface area contributed by atoms with Crippen LogP contribution in [0.15, 0.2) is 41.3 Å². The number of anilines is 1. The summed E-state index contributed by atoms with van der Waals surface area (Å²) in [6, 6.07) is 9.24. The quantitative estimate of drug-likeness (QED) is 0.917. The molecule has 0 spiro atoms. The van der Waals surface area contributed by atoms with E-state index >= 15 is 0 Å². The maximum atomic E-state index is 12.4. The molecule has 2 aromatic rings. The largest absolute Gasteiger partial charge is 0.375 e. The number of aromatic nitrogens is 2. The van der Waals surface area contributed by atoms with E-state index in [1.54, 1.807) is 0 Å². The molecule has 0 amide bonds. The molecule has 0 radical (unpaired) electrons. The molecule has 2 rings (SSSR count). The van der Waals surface area contributed by atoms with Crippen molar-refractivity contribution in [2.24, 2.45) is 0 Å². The van der Waals surface area contributed by atoms with Crippen molar-refractivity contribution >= 4 is 17.3 Å². The Hall–Kier alpha value is -1.81. The summed E-state index contributed by atoms with van der Waals surface area (Å²) in [7, 11) is 0. The molecule has 19 heavy (non-hydrogen) atoms. The van der Waals surface area contributed by atoms with Gasteiger partial charge in [0.15, 0.2) is 0 Å². The molecule has 0 unspecified atom stereocenters. The number of benzene rings is 1. The second-order valence-electron chi connectivity index (χ2n) is 5.30. The fourth-order valence-corrected chi connectivity index (χ4v) is 1.85. The van der Waals surface area contributed by atoms with Crippen molar-refractivity contribution in [1.82, 2.24) is 9.78 Å². The first-order valence-electron chi connectivity index (χ1n) is 6.00. The number of rotatable bonds is 2. The molecule has 100 valence electrons. The van der Waals surface area contributed by atoms with Gasteiger partial charge in [-0.1, -0.05) is 29.8 Å². The van der Waals surface area contributed by atoms with E-state index in [1.165, 1.54) is 10.9 Å². The van der Waals surface area contributed by atoms with Gasteiger partial charge in [0.2, 0.25) is 0 Å². The molecule has 1 aromatic carbocycles. The molecule has 0 aliphatic rings. The Morgan fingerprint density at radius 3 is 2.42 bits per heavy atom. The maximum Gasteiger partial charge on any atom is 0.296 e. The van der Waals surface area contributed by atoms with Gasteiger partial charge in [0, 0.05) is 5.54 Å². The van der Waals surface area contributed by atoms with E-state index in [4.69, 9.17) is 11.6 Å². The Kier molecular flexibility index (Phi) is 3.62. The van der Waals surface area contributed by atoms with Crippen LogP contribution in [-0.2, 0) is 0 Å². The molecule has 5 heteroatoms. The van der Waals surface area contributed by atoms with Crippen molar-refractivity contribution in [3.63, 3.8) is 0 Å². The maximum absolute atomic E-state index is 12.4. The molecule has 0 saturated heterocycles. The van der Waals surface area contributed by atoms with Crippen molar-refractivity contribution in [1.29, 1.82) is 0 Å². The third-order valence-corrected chi connectivity index (χ3v) is 2.72. The van der Waals surface area contributed by atoms with Gasteiger partial charge in [-0.2, -0.15) is 9.78 Å². The molecule has 0 aliphatic heterocycles. The predicted molar refractivity (Wildman–Crippen MR) is 78.2 cm³/mol. The molecule has 4 nitrogen and oxygen atoms in total. The number of nitrogens with zero attached hydrogens (tertiary/aromatic N) is 2. The molecule has 0 saturated carbocycles. The lowest BCUT2D eigenvalue weighted by Gasteiger charge is -2.22. The Morgan fingerprint density at radius 2 is 1.84 bits per heavy atom.